The van der Waals surface area contributed by atoms with Crippen molar-refractivity contribution < 1.29 is 14.3 Å². The minimum Gasteiger partial charge on any atom is -0.484 e. The van der Waals surface area contributed by atoms with Crippen LogP contribution in [0, 0.1) is 0 Å². The summed E-state index contributed by atoms with van der Waals surface area (Å²) < 4.78 is 5.30. The SMILES string of the molecule is CCC(CC)(CN)NC(=O)CNC(=O)COc1ccccc1. The Morgan fingerprint density at radius 2 is 1.77 bits per heavy atom. The van der Waals surface area contributed by atoms with Gasteiger partial charge in [0.15, 0.2) is 6.61 Å². The summed E-state index contributed by atoms with van der Waals surface area (Å²) >= 11 is 0. The molecule has 0 saturated carbocycles. The van der Waals surface area contributed by atoms with Crippen LogP contribution in [0.25, 0.3) is 0 Å². The second kappa shape index (κ2) is 9.04. The highest BCUT2D eigenvalue weighted by atomic mass is 16.5. The molecule has 0 aliphatic carbocycles. The van der Waals surface area contributed by atoms with Gasteiger partial charge in [0.2, 0.25) is 5.91 Å². The van der Waals surface area contributed by atoms with Gasteiger partial charge >= 0.3 is 0 Å². The van der Waals surface area contributed by atoms with E-state index in [0.29, 0.717) is 12.3 Å². The van der Waals surface area contributed by atoms with Gasteiger partial charge in [-0.25, -0.2) is 0 Å². The van der Waals surface area contributed by atoms with E-state index in [9.17, 15) is 9.59 Å². The van der Waals surface area contributed by atoms with Crippen LogP contribution < -0.4 is 21.1 Å². The summed E-state index contributed by atoms with van der Waals surface area (Å²) in [5.74, 6) is 0.0220. The van der Waals surface area contributed by atoms with Crippen LogP contribution in [-0.2, 0) is 9.59 Å². The van der Waals surface area contributed by atoms with Gasteiger partial charge < -0.3 is 21.1 Å². The number of carbonyl (C=O) groups is 2. The molecule has 0 heterocycles. The highest BCUT2D eigenvalue weighted by Gasteiger charge is 2.26. The third-order valence-electron chi connectivity index (χ3n) is 3.71. The van der Waals surface area contributed by atoms with Crippen molar-refractivity contribution in [3.05, 3.63) is 30.3 Å². The molecule has 4 N–H and O–H groups in total. The molecule has 1 aromatic rings. The van der Waals surface area contributed by atoms with Gasteiger partial charge in [0.05, 0.1) is 12.1 Å². The van der Waals surface area contributed by atoms with Crippen molar-refractivity contribution in [3.8, 4) is 5.75 Å². The molecule has 0 spiro atoms. The van der Waals surface area contributed by atoms with Crippen molar-refractivity contribution in [3.63, 3.8) is 0 Å². The van der Waals surface area contributed by atoms with E-state index in [0.717, 1.165) is 12.8 Å². The molecular weight excluding hydrogens is 282 g/mol. The number of para-hydroxylation sites is 1. The topological polar surface area (TPSA) is 93.5 Å². The summed E-state index contributed by atoms with van der Waals surface area (Å²) in [5.41, 5.74) is 5.32. The first-order valence-corrected chi connectivity index (χ1v) is 7.51. The standard InChI is InChI=1S/C16H25N3O3/c1-3-16(4-2,12-17)19-14(20)10-18-15(21)11-22-13-8-6-5-7-9-13/h5-9H,3-4,10-12,17H2,1-2H3,(H,18,21)(H,19,20). The van der Waals surface area contributed by atoms with Crippen molar-refractivity contribution in [1.82, 2.24) is 10.6 Å². The molecule has 6 nitrogen and oxygen atoms in total. The molecule has 6 heteroatoms. The third-order valence-corrected chi connectivity index (χ3v) is 3.71. The predicted molar refractivity (Wildman–Crippen MR) is 85.5 cm³/mol. The smallest absolute Gasteiger partial charge is 0.258 e. The maximum absolute atomic E-state index is 11.9. The Morgan fingerprint density at radius 1 is 1.14 bits per heavy atom. The highest BCUT2D eigenvalue weighted by Crippen LogP contribution is 2.12. The van der Waals surface area contributed by atoms with Crippen molar-refractivity contribution in [2.24, 2.45) is 5.73 Å². The number of hydrogen-bond donors (Lipinski definition) is 3. The van der Waals surface area contributed by atoms with E-state index in [2.05, 4.69) is 10.6 Å². The van der Waals surface area contributed by atoms with Gasteiger partial charge in [-0.1, -0.05) is 32.0 Å². The Bertz CT molecular complexity index is 465. The van der Waals surface area contributed by atoms with E-state index in [4.69, 9.17) is 10.5 Å². The highest BCUT2D eigenvalue weighted by molar-refractivity contribution is 5.85. The Kier molecular flexibility index (Phi) is 7.39. The average Bonchev–Trinajstić information content (AvgIpc) is 2.57. The summed E-state index contributed by atoms with van der Waals surface area (Å²) in [6, 6.07) is 9.03. The number of ether oxygens (including phenoxy) is 1. The van der Waals surface area contributed by atoms with Crippen molar-refractivity contribution in [1.29, 1.82) is 0 Å². The Hall–Kier alpha value is -2.08. The number of hydrogen-bond acceptors (Lipinski definition) is 4. The van der Waals surface area contributed by atoms with Crippen LogP contribution in [0.3, 0.4) is 0 Å². The first-order valence-electron chi connectivity index (χ1n) is 7.51. The molecule has 22 heavy (non-hydrogen) atoms. The number of benzene rings is 1. The van der Waals surface area contributed by atoms with Crippen LogP contribution in [0.4, 0.5) is 0 Å². The molecule has 0 saturated heterocycles. The van der Waals surface area contributed by atoms with E-state index >= 15 is 0 Å². The molecule has 122 valence electrons. The van der Waals surface area contributed by atoms with Gasteiger partial charge in [-0.15, -0.1) is 0 Å². The largest absolute Gasteiger partial charge is 0.484 e. The van der Waals surface area contributed by atoms with Crippen LogP contribution in [0.2, 0.25) is 0 Å². The molecule has 0 fully saturated rings. The van der Waals surface area contributed by atoms with Crippen LogP contribution >= 0.6 is 0 Å². The zero-order valence-corrected chi connectivity index (χ0v) is 13.2. The summed E-state index contributed by atoms with van der Waals surface area (Å²) in [7, 11) is 0. The zero-order chi connectivity index (χ0) is 16.4. The van der Waals surface area contributed by atoms with Gasteiger partial charge in [-0.05, 0) is 25.0 Å². The van der Waals surface area contributed by atoms with E-state index in [-0.39, 0.29) is 25.0 Å². The first-order chi connectivity index (χ1) is 10.5. The Labute approximate surface area is 131 Å². The van der Waals surface area contributed by atoms with Gasteiger partial charge in [0.25, 0.3) is 5.91 Å². The van der Waals surface area contributed by atoms with Gasteiger partial charge in [0.1, 0.15) is 5.75 Å². The second-order valence-electron chi connectivity index (χ2n) is 5.12. The van der Waals surface area contributed by atoms with Crippen molar-refractivity contribution >= 4 is 11.8 Å². The summed E-state index contributed by atoms with van der Waals surface area (Å²) in [4.78, 5) is 23.5. The Morgan fingerprint density at radius 3 is 2.32 bits per heavy atom. The number of amides is 2. The lowest BCUT2D eigenvalue weighted by atomic mass is 9.93. The molecule has 0 aliphatic heterocycles. The molecule has 1 aromatic carbocycles. The number of rotatable bonds is 9. The molecule has 0 aromatic heterocycles. The lowest BCUT2D eigenvalue weighted by Gasteiger charge is -2.31. The van der Waals surface area contributed by atoms with Crippen LogP contribution in [-0.4, -0.2) is 37.0 Å². The van der Waals surface area contributed by atoms with Crippen molar-refractivity contribution in [2.75, 3.05) is 19.7 Å². The summed E-state index contributed by atoms with van der Waals surface area (Å²) in [6.07, 6.45) is 1.49. The molecular formula is C16H25N3O3. The number of nitrogens with two attached hydrogens (primary N) is 1. The Balaban J connectivity index is 2.33. The maximum Gasteiger partial charge on any atom is 0.258 e. The lowest BCUT2D eigenvalue weighted by Crippen LogP contribution is -2.55. The molecule has 1 rings (SSSR count). The maximum atomic E-state index is 11.9. The van der Waals surface area contributed by atoms with E-state index in [1.807, 2.05) is 32.0 Å². The molecule has 0 bridgehead atoms. The number of nitrogens with one attached hydrogen (secondary N) is 2. The molecule has 0 atom stereocenters. The zero-order valence-electron chi connectivity index (χ0n) is 13.2. The molecule has 0 unspecified atom stereocenters. The van der Waals surface area contributed by atoms with E-state index < -0.39 is 5.54 Å². The van der Waals surface area contributed by atoms with Gasteiger partial charge in [0, 0.05) is 6.54 Å². The van der Waals surface area contributed by atoms with Gasteiger partial charge in [-0.2, -0.15) is 0 Å². The monoisotopic (exact) mass is 307 g/mol. The molecule has 2 amide bonds. The molecule has 0 aliphatic rings. The quantitative estimate of drug-likeness (QED) is 0.629. The van der Waals surface area contributed by atoms with E-state index in [1.165, 1.54) is 0 Å². The van der Waals surface area contributed by atoms with Crippen LogP contribution in [0.1, 0.15) is 26.7 Å². The summed E-state index contributed by atoms with van der Waals surface area (Å²) in [5, 5.41) is 5.42. The van der Waals surface area contributed by atoms with Crippen LogP contribution in [0.15, 0.2) is 30.3 Å². The van der Waals surface area contributed by atoms with Crippen molar-refractivity contribution in [2.45, 2.75) is 32.2 Å². The minimum absolute atomic E-state index is 0.0846. The van der Waals surface area contributed by atoms with Crippen LogP contribution in [0.5, 0.6) is 5.75 Å². The predicted octanol–water partition coefficient (Wildman–Crippen LogP) is 0.815. The fourth-order valence-electron chi connectivity index (χ4n) is 2.00. The second-order valence-corrected chi connectivity index (χ2v) is 5.12. The normalized spacial score (nSPS) is 10.9. The first kappa shape index (κ1) is 18.0. The fraction of sp³-hybridized carbons (Fsp3) is 0.500. The van der Waals surface area contributed by atoms with Gasteiger partial charge in [-0.3, -0.25) is 9.59 Å². The lowest BCUT2D eigenvalue weighted by molar-refractivity contribution is -0.128. The fourth-order valence-corrected chi connectivity index (χ4v) is 2.00. The minimum atomic E-state index is -0.400. The van der Waals surface area contributed by atoms with E-state index in [1.54, 1.807) is 12.1 Å². The molecule has 0 radical (unpaired) electrons. The average molecular weight is 307 g/mol. The number of carbonyl (C=O) groups excluding carboxylic acids is 2. The third kappa shape index (κ3) is 5.73. The summed E-state index contributed by atoms with van der Waals surface area (Å²) in [6.45, 7) is 4.11.